The van der Waals surface area contributed by atoms with Crippen LogP contribution < -0.4 is 5.32 Å². The summed E-state index contributed by atoms with van der Waals surface area (Å²) in [7, 11) is 0. The van der Waals surface area contributed by atoms with Gasteiger partial charge in [0.2, 0.25) is 11.8 Å². The van der Waals surface area contributed by atoms with Gasteiger partial charge in [-0.3, -0.25) is 14.5 Å². The number of amides is 2. The van der Waals surface area contributed by atoms with Gasteiger partial charge in [-0.1, -0.05) is 47.7 Å². The first-order valence-electron chi connectivity index (χ1n) is 12.3. The van der Waals surface area contributed by atoms with E-state index in [1.807, 2.05) is 45.0 Å². The number of hydrogen-bond acceptors (Lipinski definition) is 4. The molecule has 5 rings (SSSR count). The van der Waals surface area contributed by atoms with E-state index in [4.69, 9.17) is 4.99 Å². The Labute approximate surface area is 215 Å². The Morgan fingerprint density at radius 1 is 0.972 bits per heavy atom. The van der Waals surface area contributed by atoms with Crippen LogP contribution in [0, 0.1) is 13.8 Å². The molecule has 1 atom stereocenters. The van der Waals surface area contributed by atoms with Crippen molar-refractivity contribution in [3.05, 3.63) is 71.8 Å². The van der Waals surface area contributed by atoms with E-state index in [2.05, 4.69) is 53.2 Å². The number of anilines is 1. The molecule has 2 heterocycles. The van der Waals surface area contributed by atoms with Crippen molar-refractivity contribution in [3.63, 3.8) is 0 Å². The van der Waals surface area contributed by atoms with Gasteiger partial charge in [-0.2, -0.15) is 0 Å². The Morgan fingerprint density at radius 2 is 1.75 bits per heavy atom. The summed E-state index contributed by atoms with van der Waals surface area (Å²) in [6.07, 6.45) is 0.107. The minimum absolute atomic E-state index is 0.0688. The zero-order valence-corrected chi connectivity index (χ0v) is 21.9. The molecular formula is C29H30N4O2S. The van der Waals surface area contributed by atoms with E-state index < -0.39 is 5.25 Å². The molecule has 1 fully saturated rings. The Morgan fingerprint density at radius 3 is 2.50 bits per heavy atom. The van der Waals surface area contributed by atoms with Crippen molar-refractivity contribution in [3.8, 4) is 0 Å². The largest absolute Gasteiger partial charge is 0.341 e. The third kappa shape index (κ3) is 4.39. The van der Waals surface area contributed by atoms with Crippen LogP contribution >= 0.6 is 11.8 Å². The maximum absolute atomic E-state index is 13.1. The molecule has 2 amide bonds. The van der Waals surface area contributed by atoms with Gasteiger partial charge < -0.3 is 9.88 Å². The van der Waals surface area contributed by atoms with Crippen LogP contribution in [0.2, 0.25) is 0 Å². The van der Waals surface area contributed by atoms with Crippen LogP contribution in [0.4, 0.5) is 11.4 Å². The second-order valence-electron chi connectivity index (χ2n) is 9.12. The van der Waals surface area contributed by atoms with Crippen LogP contribution in [0.25, 0.3) is 21.8 Å². The van der Waals surface area contributed by atoms with Crippen LogP contribution in [0.5, 0.6) is 0 Å². The normalized spacial score (nSPS) is 17.0. The SMILES string of the molecule is CCN1C(=O)[C@H](CC(=O)Nc2ccc(C)cc2C)SC1=Nc1ccc2c(c1)c1ccccc1n2CC. The lowest BCUT2D eigenvalue weighted by Gasteiger charge is -2.13. The van der Waals surface area contributed by atoms with Gasteiger partial charge in [0.25, 0.3) is 0 Å². The molecule has 1 N–H and O–H groups in total. The first kappa shape index (κ1) is 24.1. The molecule has 0 radical (unpaired) electrons. The number of thioether (sulfide) groups is 1. The lowest BCUT2D eigenvalue weighted by atomic mass is 10.1. The summed E-state index contributed by atoms with van der Waals surface area (Å²) in [6, 6.07) is 20.5. The third-order valence-corrected chi connectivity index (χ3v) is 7.84. The van der Waals surface area contributed by atoms with Gasteiger partial charge in [-0.05, 0) is 63.6 Å². The van der Waals surface area contributed by atoms with Crippen molar-refractivity contribution < 1.29 is 9.59 Å². The number of aromatic nitrogens is 1. The highest BCUT2D eigenvalue weighted by Gasteiger charge is 2.38. The first-order chi connectivity index (χ1) is 17.4. The fourth-order valence-electron chi connectivity index (χ4n) is 4.90. The second-order valence-corrected chi connectivity index (χ2v) is 10.3. The summed E-state index contributed by atoms with van der Waals surface area (Å²) in [4.78, 5) is 32.4. The summed E-state index contributed by atoms with van der Waals surface area (Å²) < 4.78 is 2.30. The van der Waals surface area contributed by atoms with Crippen molar-refractivity contribution in [2.75, 3.05) is 11.9 Å². The van der Waals surface area contributed by atoms with Crippen LogP contribution in [0.1, 0.15) is 31.4 Å². The Balaban J connectivity index is 1.40. The molecule has 1 aliphatic heterocycles. The zero-order valence-electron chi connectivity index (χ0n) is 21.0. The highest BCUT2D eigenvalue weighted by atomic mass is 32.2. The number of hydrogen-bond donors (Lipinski definition) is 1. The summed E-state index contributed by atoms with van der Waals surface area (Å²) in [5.74, 6) is -0.236. The second kappa shape index (κ2) is 9.82. The molecule has 6 nitrogen and oxygen atoms in total. The molecule has 184 valence electrons. The van der Waals surface area contributed by atoms with Gasteiger partial charge >= 0.3 is 0 Å². The quantitative estimate of drug-likeness (QED) is 0.334. The molecule has 0 aliphatic carbocycles. The van der Waals surface area contributed by atoms with E-state index in [9.17, 15) is 9.59 Å². The molecule has 4 aromatic rings. The monoisotopic (exact) mass is 498 g/mol. The molecular weight excluding hydrogens is 468 g/mol. The number of fused-ring (bicyclic) bond motifs is 3. The molecule has 0 bridgehead atoms. The number of nitrogens with zero attached hydrogens (tertiary/aromatic N) is 3. The maximum Gasteiger partial charge on any atom is 0.242 e. The van der Waals surface area contributed by atoms with Gasteiger partial charge in [0.15, 0.2) is 5.17 Å². The summed E-state index contributed by atoms with van der Waals surface area (Å²) in [6.45, 7) is 9.47. The molecule has 7 heteroatoms. The van der Waals surface area contributed by atoms with Crippen LogP contribution in [-0.2, 0) is 16.1 Å². The van der Waals surface area contributed by atoms with Crippen LogP contribution in [0.15, 0.2) is 65.7 Å². The average molecular weight is 499 g/mol. The lowest BCUT2D eigenvalue weighted by molar-refractivity contribution is -0.128. The first-order valence-corrected chi connectivity index (χ1v) is 13.2. The number of nitrogens with one attached hydrogen (secondary N) is 1. The van der Waals surface area contributed by atoms with E-state index in [0.29, 0.717) is 11.7 Å². The Bertz CT molecular complexity index is 1520. The van der Waals surface area contributed by atoms with E-state index >= 15 is 0 Å². The fraction of sp³-hybridized carbons (Fsp3) is 0.276. The average Bonchev–Trinajstić information content (AvgIpc) is 3.34. The third-order valence-electron chi connectivity index (χ3n) is 6.66. The summed E-state index contributed by atoms with van der Waals surface area (Å²) in [5, 5.41) is 5.46. The standard InChI is InChI=1S/C29H30N4O2S/c1-5-32-24-10-8-7-9-21(24)22-16-20(12-14-25(22)32)30-29-33(6-2)28(35)26(36-29)17-27(34)31-23-13-11-18(3)15-19(23)4/h7-16,26H,5-6,17H2,1-4H3,(H,31,34)/t26-/m0/s1. The topological polar surface area (TPSA) is 66.7 Å². The number of benzene rings is 3. The van der Waals surface area contributed by atoms with Crippen molar-refractivity contribution in [1.29, 1.82) is 0 Å². The fourth-order valence-corrected chi connectivity index (χ4v) is 6.12. The van der Waals surface area contributed by atoms with Crippen molar-refractivity contribution in [2.45, 2.75) is 45.9 Å². The van der Waals surface area contributed by atoms with Gasteiger partial charge in [-0.25, -0.2) is 4.99 Å². The highest BCUT2D eigenvalue weighted by molar-refractivity contribution is 8.15. The van der Waals surface area contributed by atoms with Gasteiger partial charge in [0, 0.05) is 47.0 Å². The number of amidine groups is 1. The molecule has 0 spiro atoms. The van der Waals surface area contributed by atoms with Gasteiger partial charge in [-0.15, -0.1) is 0 Å². The maximum atomic E-state index is 13.1. The number of para-hydroxylation sites is 1. The van der Waals surface area contributed by atoms with Gasteiger partial charge in [0.05, 0.1) is 5.69 Å². The number of aryl methyl sites for hydroxylation is 3. The van der Waals surface area contributed by atoms with Crippen molar-refractivity contribution in [1.82, 2.24) is 9.47 Å². The van der Waals surface area contributed by atoms with Crippen LogP contribution in [-0.4, -0.2) is 38.2 Å². The van der Waals surface area contributed by atoms with E-state index in [-0.39, 0.29) is 18.2 Å². The number of carbonyl (C=O) groups is 2. The number of aliphatic imine (C=N–C) groups is 1. The molecule has 0 unspecified atom stereocenters. The predicted molar refractivity (Wildman–Crippen MR) is 150 cm³/mol. The van der Waals surface area contributed by atoms with Gasteiger partial charge in [0.1, 0.15) is 5.25 Å². The minimum Gasteiger partial charge on any atom is -0.341 e. The number of rotatable bonds is 6. The molecule has 1 aliphatic rings. The zero-order chi connectivity index (χ0) is 25.4. The van der Waals surface area contributed by atoms with E-state index in [1.165, 1.54) is 28.2 Å². The molecule has 3 aromatic carbocycles. The smallest absolute Gasteiger partial charge is 0.242 e. The minimum atomic E-state index is -0.486. The van der Waals surface area contributed by atoms with Crippen LogP contribution in [0.3, 0.4) is 0 Å². The molecule has 0 saturated carbocycles. The Hall–Kier alpha value is -3.58. The Kier molecular flexibility index (Phi) is 6.58. The van der Waals surface area contributed by atoms with E-state index in [1.54, 1.807) is 4.90 Å². The van der Waals surface area contributed by atoms with Crippen molar-refractivity contribution in [2.24, 2.45) is 4.99 Å². The lowest BCUT2D eigenvalue weighted by Crippen LogP contribution is -2.33. The predicted octanol–water partition coefficient (Wildman–Crippen LogP) is 6.41. The highest BCUT2D eigenvalue weighted by Crippen LogP contribution is 2.35. The number of carbonyl (C=O) groups excluding carboxylic acids is 2. The van der Waals surface area contributed by atoms with Crippen molar-refractivity contribution >= 4 is 61.9 Å². The molecule has 36 heavy (non-hydrogen) atoms. The molecule has 1 aromatic heterocycles. The summed E-state index contributed by atoms with van der Waals surface area (Å²) in [5.41, 5.74) is 6.11. The molecule has 1 saturated heterocycles. The van der Waals surface area contributed by atoms with E-state index in [0.717, 1.165) is 34.4 Å². The summed E-state index contributed by atoms with van der Waals surface area (Å²) >= 11 is 1.37.